The molecule has 2 N–H and O–H groups in total. The van der Waals surface area contributed by atoms with Gasteiger partial charge in [0.05, 0.1) is 19.3 Å². The van der Waals surface area contributed by atoms with E-state index in [9.17, 15) is 4.79 Å². The lowest BCUT2D eigenvalue weighted by Gasteiger charge is -2.31. The number of halogens is 1. The highest BCUT2D eigenvalue weighted by atomic mass is 35.5. The molecule has 0 bridgehead atoms. The van der Waals surface area contributed by atoms with Gasteiger partial charge < -0.3 is 20.1 Å². The van der Waals surface area contributed by atoms with Crippen molar-refractivity contribution in [2.24, 2.45) is 5.73 Å². The fourth-order valence-electron chi connectivity index (χ4n) is 2.89. The number of fused-ring (bicyclic) bond motifs is 1. The molecule has 1 aromatic rings. The maximum absolute atomic E-state index is 12.5. The van der Waals surface area contributed by atoms with Crippen LogP contribution in [0.4, 0.5) is 0 Å². The van der Waals surface area contributed by atoms with Crippen LogP contribution < -0.4 is 15.2 Å². The zero-order valence-electron chi connectivity index (χ0n) is 15.2. The van der Waals surface area contributed by atoms with Crippen LogP contribution in [0.25, 0.3) is 0 Å². The van der Waals surface area contributed by atoms with Crippen LogP contribution in [-0.4, -0.2) is 48.6 Å². The Morgan fingerprint density at radius 2 is 1.84 bits per heavy atom. The van der Waals surface area contributed by atoms with Crippen molar-refractivity contribution in [2.75, 3.05) is 31.8 Å². The molecular weight excluding hydrogens is 360 g/mol. The molecule has 1 atom stereocenters. The maximum Gasteiger partial charge on any atom is 0.239 e. The molecule has 5 nitrogen and oxygen atoms in total. The van der Waals surface area contributed by atoms with E-state index in [0.717, 1.165) is 35.7 Å². The van der Waals surface area contributed by atoms with Crippen LogP contribution in [0.3, 0.4) is 0 Å². The molecular formula is C18H29ClN2O3S. The summed E-state index contributed by atoms with van der Waals surface area (Å²) in [5.41, 5.74) is 8.40. The third-order valence-corrected chi connectivity index (χ3v) is 4.78. The van der Waals surface area contributed by atoms with Crippen molar-refractivity contribution in [3.8, 4) is 11.5 Å². The van der Waals surface area contributed by atoms with Crippen molar-refractivity contribution in [3.05, 3.63) is 23.3 Å². The number of carbonyl (C=O) groups excluding carboxylic acids is 1. The molecule has 0 fully saturated rings. The molecule has 0 aromatic heterocycles. The number of hydrogen-bond acceptors (Lipinski definition) is 5. The van der Waals surface area contributed by atoms with Crippen molar-refractivity contribution in [2.45, 2.75) is 39.3 Å². The Labute approximate surface area is 161 Å². The predicted molar refractivity (Wildman–Crippen MR) is 106 cm³/mol. The quantitative estimate of drug-likeness (QED) is 0.741. The minimum absolute atomic E-state index is 0. The lowest BCUT2D eigenvalue weighted by Crippen LogP contribution is -2.46. The smallest absolute Gasteiger partial charge is 0.239 e. The van der Waals surface area contributed by atoms with Crippen molar-refractivity contribution in [1.29, 1.82) is 0 Å². The Hall–Kier alpha value is -1.11. The highest BCUT2D eigenvalue weighted by Crippen LogP contribution is 2.34. The van der Waals surface area contributed by atoms with Gasteiger partial charge in [0.1, 0.15) is 0 Å². The van der Waals surface area contributed by atoms with E-state index in [0.29, 0.717) is 26.3 Å². The number of hydrogen-bond donors (Lipinski definition) is 1. The first kappa shape index (κ1) is 21.9. The first-order valence-electron chi connectivity index (χ1n) is 8.55. The Balaban J connectivity index is 0.00000312. The van der Waals surface area contributed by atoms with Crippen molar-refractivity contribution >= 4 is 30.1 Å². The number of rotatable bonds is 8. The fourth-order valence-corrected chi connectivity index (χ4v) is 3.38. The summed E-state index contributed by atoms with van der Waals surface area (Å²) in [5.74, 6) is 2.49. The molecule has 0 saturated heterocycles. The number of thioether (sulfide) groups is 1. The second-order valence-electron chi connectivity index (χ2n) is 5.83. The van der Waals surface area contributed by atoms with Gasteiger partial charge in [0.2, 0.25) is 5.91 Å². The SMILES string of the molecule is CCOc1cc2c(cc1OCC)CN(C(=O)[C@@H](N)CCSC)CC2.Cl. The van der Waals surface area contributed by atoms with E-state index >= 15 is 0 Å². The molecule has 1 heterocycles. The average molecular weight is 389 g/mol. The summed E-state index contributed by atoms with van der Waals surface area (Å²) in [6.45, 7) is 6.40. The number of carbonyl (C=O) groups is 1. The van der Waals surface area contributed by atoms with Crippen LogP contribution >= 0.6 is 24.2 Å². The van der Waals surface area contributed by atoms with Gasteiger partial charge >= 0.3 is 0 Å². The molecule has 142 valence electrons. The minimum atomic E-state index is -0.409. The van der Waals surface area contributed by atoms with Gasteiger partial charge in [0.15, 0.2) is 11.5 Å². The van der Waals surface area contributed by atoms with Gasteiger partial charge in [-0.2, -0.15) is 11.8 Å². The first-order valence-corrected chi connectivity index (χ1v) is 9.94. The molecule has 0 unspecified atom stereocenters. The summed E-state index contributed by atoms with van der Waals surface area (Å²) in [4.78, 5) is 14.4. The van der Waals surface area contributed by atoms with Gasteiger partial charge in [-0.1, -0.05) is 0 Å². The van der Waals surface area contributed by atoms with E-state index in [1.165, 1.54) is 5.56 Å². The molecule has 0 saturated carbocycles. The lowest BCUT2D eigenvalue weighted by molar-refractivity contribution is -0.133. The van der Waals surface area contributed by atoms with Gasteiger partial charge in [-0.15, -0.1) is 12.4 Å². The Bertz CT molecular complexity index is 571. The van der Waals surface area contributed by atoms with Gasteiger partial charge in [0.25, 0.3) is 0 Å². The van der Waals surface area contributed by atoms with Crippen LogP contribution in [0.1, 0.15) is 31.4 Å². The summed E-state index contributed by atoms with van der Waals surface area (Å²) in [6, 6.07) is 3.66. The van der Waals surface area contributed by atoms with Gasteiger partial charge in [-0.3, -0.25) is 4.79 Å². The summed E-state index contributed by atoms with van der Waals surface area (Å²) in [5, 5.41) is 0. The van der Waals surface area contributed by atoms with Crippen LogP contribution in [0, 0.1) is 0 Å². The zero-order valence-corrected chi connectivity index (χ0v) is 16.9. The molecule has 0 radical (unpaired) electrons. The number of nitrogens with two attached hydrogens (primary N) is 1. The molecule has 1 aliphatic heterocycles. The van der Waals surface area contributed by atoms with E-state index in [-0.39, 0.29) is 18.3 Å². The predicted octanol–water partition coefficient (Wildman–Crippen LogP) is 2.87. The first-order chi connectivity index (χ1) is 11.6. The van der Waals surface area contributed by atoms with E-state index in [1.54, 1.807) is 11.8 Å². The zero-order chi connectivity index (χ0) is 17.5. The molecule has 2 rings (SSSR count). The number of amides is 1. The molecule has 1 aliphatic rings. The summed E-state index contributed by atoms with van der Waals surface area (Å²) in [7, 11) is 0. The van der Waals surface area contributed by atoms with Crippen LogP contribution in [0.2, 0.25) is 0 Å². The number of benzene rings is 1. The minimum Gasteiger partial charge on any atom is -0.490 e. The Morgan fingerprint density at radius 3 is 2.40 bits per heavy atom. The third kappa shape index (κ3) is 5.69. The van der Waals surface area contributed by atoms with Crippen molar-refractivity contribution < 1.29 is 14.3 Å². The van der Waals surface area contributed by atoms with Crippen LogP contribution in [-0.2, 0) is 17.8 Å². The second kappa shape index (κ2) is 10.8. The topological polar surface area (TPSA) is 64.8 Å². The van der Waals surface area contributed by atoms with Crippen LogP contribution in [0.15, 0.2) is 12.1 Å². The standard InChI is InChI=1S/C18H28N2O3S.ClH/c1-4-22-16-10-13-6-8-20(18(21)15(19)7-9-24-3)12-14(13)11-17(16)23-5-2;/h10-11,15H,4-9,12,19H2,1-3H3;1H/t15-;/m0./s1. The van der Waals surface area contributed by atoms with Crippen molar-refractivity contribution in [3.63, 3.8) is 0 Å². The van der Waals surface area contributed by atoms with Crippen molar-refractivity contribution in [1.82, 2.24) is 4.90 Å². The highest BCUT2D eigenvalue weighted by molar-refractivity contribution is 7.98. The van der Waals surface area contributed by atoms with Gasteiger partial charge in [-0.25, -0.2) is 0 Å². The molecule has 1 aromatic carbocycles. The summed E-state index contributed by atoms with van der Waals surface area (Å²) >= 11 is 1.72. The van der Waals surface area contributed by atoms with E-state index in [4.69, 9.17) is 15.2 Å². The number of nitrogens with zero attached hydrogens (tertiary/aromatic N) is 1. The number of ether oxygens (including phenoxy) is 2. The van der Waals surface area contributed by atoms with E-state index in [2.05, 4.69) is 6.07 Å². The van der Waals surface area contributed by atoms with Gasteiger partial charge in [0, 0.05) is 13.1 Å². The largest absolute Gasteiger partial charge is 0.490 e. The average Bonchev–Trinajstić information content (AvgIpc) is 2.59. The summed E-state index contributed by atoms with van der Waals surface area (Å²) < 4.78 is 11.4. The fraction of sp³-hybridized carbons (Fsp3) is 0.611. The summed E-state index contributed by atoms with van der Waals surface area (Å²) in [6.07, 6.45) is 3.57. The van der Waals surface area contributed by atoms with Crippen LogP contribution in [0.5, 0.6) is 11.5 Å². The molecule has 7 heteroatoms. The molecule has 0 aliphatic carbocycles. The highest BCUT2D eigenvalue weighted by Gasteiger charge is 2.26. The second-order valence-corrected chi connectivity index (χ2v) is 6.82. The molecule has 1 amide bonds. The monoisotopic (exact) mass is 388 g/mol. The lowest BCUT2D eigenvalue weighted by atomic mass is 9.98. The van der Waals surface area contributed by atoms with E-state index < -0.39 is 6.04 Å². The molecule has 0 spiro atoms. The van der Waals surface area contributed by atoms with Gasteiger partial charge in [-0.05, 0) is 62.0 Å². The third-order valence-electron chi connectivity index (χ3n) is 4.14. The maximum atomic E-state index is 12.5. The normalized spacial score (nSPS) is 14.3. The Kier molecular flexibility index (Phi) is 9.46. The molecule has 25 heavy (non-hydrogen) atoms. The van der Waals surface area contributed by atoms with E-state index in [1.807, 2.05) is 31.1 Å². The Morgan fingerprint density at radius 1 is 1.24 bits per heavy atom.